The van der Waals surface area contributed by atoms with E-state index in [2.05, 4.69) is 19.1 Å². The Balaban J connectivity index is 4.69. The van der Waals surface area contributed by atoms with Crippen molar-refractivity contribution in [2.75, 3.05) is 26.2 Å². The highest BCUT2D eigenvalue weighted by Gasteiger charge is 2.38. The summed E-state index contributed by atoms with van der Waals surface area (Å²) in [4.78, 5) is 34.7. The SMILES string of the molecule is CCCCCC/C=C/CCCCCCCC[N+](CC(C)C(=O)O)(CC(C)C(=O)O)CC(C)C(=O)O. The molecule has 0 fully saturated rings. The highest BCUT2D eigenvalue weighted by atomic mass is 16.4. The lowest BCUT2D eigenvalue weighted by Gasteiger charge is -2.42. The molecule has 3 unspecified atom stereocenters. The zero-order valence-electron chi connectivity index (χ0n) is 22.7. The maximum absolute atomic E-state index is 11.6. The molecule has 3 N–H and O–H groups in total. The van der Waals surface area contributed by atoms with E-state index in [1.807, 2.05) is 0 Å². The average molecular weight is 499 g/mol. The van der Waals surface area contributed by atoms with Crippen molar-refractivity contribution in [3.63, 3.8) is 0 Å². The number of nitrogens with zero attached hydrogens (tertiary/aromatic N) is 1. The molecule has 0 aromatic heterocycles. The van der Waals surface area contributed by atoms with Crippen molar-refractivity contribution in [1.29, 1.82) is 0 Å². The van der Waals surface area contributed by atoms with Crippen LogP contribution < -0.4 is 0 Å². The van der Waals surface area contributed by atoms with E-state index in [-0.39, 0.29) is 24.1 Å². The van der Waals surface area contributed by atoms with E-state index in [1.54, 1.807) is 20.8 Å². The molecule has 0 heterocycles. The van der Waals surface area contributed by atoms with E-state index in [1.165, 1.54) is 44.9 Å². The molecule has 0 rings (SSSR count). The van der Waals surface area contributed by atoms with Gasteiger partial charge in [0.05, 0.1) is 26.2 Å². The van der Waals surface area contributed by atoms with E-state index in [0.717, 1.165) is 32.1 Å². The monoisotopic (exact) mass is 498 g/mol. The number of carboxylic acids is 3. The smallest absolute Gasteiger partial charge is 0.311 e. The normalized spacial score (nSPS) is 16.0. The summed E-state index contributed by atoms with van der Waals surface area (Å²) in [6.45, 7) is 8.42. The predicted molar refractivity (Wildman–Crippen MR) is 140 cm³/mol. The first-order valence-corrected chi connectivity index (χ1v) is 13.7. The Morgan fingerprint density at radius 2 is 0.943 bits per heavy atom. The van der Waals surface area contributed by atoms with Gasteiger partial charge in [0.25, 0.3) is 0 Å². The Hall–Kier alpha value is -1.89. The van der Waals surface area contributed by atoms with Crippen LogP contribution in [0.15, 0.2) is 12.2 Å². The summed E-state index contributed by atoms with van der Waals surface area (Å²) < 4.78 is 0.220. The van der Waals surface area contributed by atoms with Crippen molar-refractivity contribution in [1.82, 2.24) is 0 Å². The summed E-state index contributed by atoms with van der Waals surface area (Å²) in [7, 11) is 0. The Kier molecular flexibility index (Phi) is 18.3. The molecule has 0 aromatic rings. The minimum absolute atomic E-state index is 0.220. The molecule has 0 spiro atoms. The van der Waals surface area contributed by atoms with E-state index in [4.69, 9.17) is 0 Å². The van der Waals surface area contributed by atoms with Gasteiger partial charge in [-0.2, -0.15) is 0 Å². The highest BCUT2D eigenvalue weighted by Crippen LogP contribution is 2.22. The van der Waals surface area contributed by atoms with Crippen molar-refractivity contribution in [3.8, 4) is 0 Å². The predicted octanol–water partition coefficient (Wildman–Crippen LogP) is 6.22. The van der Waals surface area contributed by atoms with E-state index < -0.39 is 35.7 Å². The fourth-order valence-corrected chi connectivity index (χ4v) is 4.82. The van der Waals surface area contributed by atoms with Gasteiger partial charge in [-0.3, -0.25) is 14.4 Å². The molecule has 0 saturated carbocycles. The van der Waals surface area contributed by atoms with Gasteiger partial charge < -0.3 is 19.8 Å². The molecule has 0 radical (unpaired) electrons. The maximum Gasteiger partial charge on any atom is 0.311 e. The lowest BCUT2D eigenvalue weighted by molar-refractivity contribution is -0.934. The number of carbonyl (C=O) groups is 3. The number of hydrogen-bond donors (Lipinski definition) is 3. The van der Waals surface area contributed by atoms with Crippen LogP contribution in [0.4, 0.5) is 0 Å². The van der Waals surface area contributed by atoms with Crippen molar-refractivity contribution >= 4 is 17.9 Å². The first kappa shape index (κ1) is 33.1. The number of rotatable bonds is 23. The molecular weight excluding hydrogens is 446 g/mol. The third-order valence-electron chi connectivity index (χ3n) is 6.89. The number of hydrogen-bond acceptors (Lipinski definition) is 3. The quantitative estimate of drug-likeness (QED) is 0.0875. The van der Waals surface area contributed by atoms with Gasteiger partial charge in [0.2, 0.25) is 0 Å². The van der Waals surface area contributed by atoms with Crippen LogP contribution in [0.1, 0.15) is 105 Å². The van der Waals surface area contributed by atoms with Gasteiger partial charge in [0.15, 0.2) is 0 Å². The van der Waals surface area contributed by atoms with Crippen LogP contribution in [0.2, 0.25) is 0 Å². The van der Waals surface area contributed by atoms with Crippen molar-refractivity contribution in [2.45, 2.75) is 105 Å². The molecule has 0 aliphatic rings. The molecule has 0 saturated heterocycles. The van der Waals surface area contributed by atoms with Crippen LogP contribution in [0.25, 0.3) is 0 Å². The van der Waals surface area contributed by atoms with Crippen LogP contribution in [0, 0.1) is 17.8 Å². The summed E-state index contributed by atoms with van der Waals surface area (Å²) >= 11 is 0. The number of unbranched alkanes of at least 4 members (excludes halogenated alkanes) is 10. The Labute approximate surface area is 213 Å². The third-order valence-corrected chi connectivity index (χ3v) is 6.89. The molecule has 0 aliphatic carbocycles. The summed E-state index contributed by atoms with van der Waals surface area (Å²) in [5, 5.41) is 28.4. The Bertz CT molecular complexity index is 578. The highest BCUT2D eigenvalue weighted by molar-refractivity contribution is 5.70. The van der Waals surface area contributed by atoms with Crippen molar-refractivity contribution in [3.05, 3.63) is 12.2 Å². The second-order valence-electron chi connectivity index (χ2n) is 10.6. The fraction of sp³-hybridized carbons (Fsp3) is 0.821. The van der Waals surface area contributed by atoms with Crippen LogP contribution in [-0.2, 0) is 14.4 Å². The second kappa shape index (κ2) is 19.3. The summed E-state index contributed by atoms with van der Waals surface area (Å²) in [5.41, 5.74) is 0. The van der Waals surface area contributed by atoms with Crippen LogP contribution >= 0.6 is 0 Å². The second-order valence-corrected chi connectivity index (χ2v) is 10.6. The Morgan fingerprint density at radius 1 is 0.600 bits per heavy atom. The van der Waals surface area contributed by atoms with E-state index >= 15 is 0 Å². The summed E-state index contributed by atoms with van der Waals surface area (Å²) in [6.07, 6.45) is 18.5. The standard InChI is InChI=1S/C28H51NO6/c1-5-6-7-8-9-10-11-12-13-14-15-16-17-18-19-29(20-23(2)26(30)31,21-24(3)27(32)33)22-25(4)28(34)35/h10-11,23-25H,5-9,12-22H2,1-4H3,(H2-,30,31,32,33,34,35)/p+1/b11-10+. The zero-order chi connectivity index (χ0) is 26.7. The van der Waals surface area contributed by atoms with Gasteiger partial charge in [-0.05, 0) is 59.3 Å². The van der Waals surface area contributed by atoms with E-state index in [0.29, 0.717) is 6.54 Å². The lowest BCUT2D eigenvalue weighted by atomic mass is 10.0. The molecule has 3 atom stereocenters. The van der Waals surface area contributed by atoms with Gasteiger partial charge in [-0.1, -0.05) is 57.6 Å². The molecule has 7 heteroatoms. The van der Waals surface area contributed by atoms with Crippen LogP contribution in [-0.4, -0.2) is 63.9 Å². The number of aliphatic carboxylic acids is 3. The first-order valence-electron chi connectivity index (χ1n) is 13.7. The summed E-state index contributed by atoms with van der Waals surface area (Å²) in [6, 6.07) is 0. The number of quaternary nitrogens is 1. The zero-order valence-corrected chi connectivity index (χ0v) is 22.7. The van der Waals surface area contributed by atoms with Crippen molar-refractivity contribution < 1.29 is 34.2 Å². The van der Waals surface area contributed by atoms with Gasteiger partial charge >= 0.3 is 17.9 Å². The molecule has 35 heavy (non-hydrogen) atoms. The molecule has 0 amide bonds. The minimum atomic E-state index is -0.937. The minimum Gasteiger partial charge on any atom is -0.481 e. The molecule has 204 valence electrons. The van der Waals surface area contributed by atoms with Crippen LogP contribution in [0.3, 0.4) is 0 Å². The number of carboxylic acid groups (broad SMARTS) is 3. The maximum atomic E-state index is 11.6. The molecule has 0 aromatic carbocycles. The number of allylic oxidation sites excluding steroid dienone is 2. The summed E-state index contributed by atoms with van der Waals surface area (Å²) in [5.74, 6) is -4.82. The molecule has 7 nitrogen and oxygen atoms in total. The third kappa shape index (κ3) is 16.4. The lowest BCUT2D eigenvalue weighted by Crippen LogP contribution is -2.57. The molecule has 0 aliphatic heterocycles. The Morgan fingerprint density at radius 3 is 1.31 bits per heavy atom. The molecular formula is C28H52NO6+. The topological polar surface area (TPSA) is 112 Å². The molecule has 0 bridgehead atoms. The largest absolute Gasteiger partial charge is 0.481 e. The van der Waals surface area contributed by atoms with Gasteiger partial charge in [0, 0.05) is 0 Å². The first-order chi connectivity index (χ1) is 16.5. The van der Waals surface area contributed by atoms with Crippen molar-refractivity contribution in [2.24, 2.45) is 17.8 Å². The van der Waals surface area contributed by atoms with Gasteiger partial charge in [-0.25, -0.2) is 0 Å². The van der Waals surface area contributed by atoms with Crippen LogP contribution in [0.5, 0.6) is 0 Å². The van der Waals surface area contributed by atoms with Gasteiger partial charge in [-0.15, -0.1) is 0 Å². The van der Waals surface area contributed by atoms with E-state index in [9.17, 15) is 29.7 Å². The fourth-order valence-electron chi connectivity index (χ4n) is 4.82. The average Bonchev–Trinajstić information content (AvgIpc) is 2.78. The van der Waals surface area contributed by atoms with Gasteiger partial charge in [0.1, 0.15) is 17.8 Å².